The standard InChI is InChI=1S/C15H22N2O2/c1-2-13-11-17(8-9-19-13)15(18)14(16)10-12-6-4-3-5-7-12/h3-7,13-14H,2,8-11,16H2,1H3/t13?,14-/m1/s1. The molecule has 1 aliphatic rings. The second-order valence-electron chi connectivity index (χ2n) is 4.98. The molecule has 0 aliphatic carbocycles. The van der Waals surface area contributed by atoms with E-state index in [1.165, 1.54) is 0 Å². The van der Waals surface area contributed by atoms with Gasteiger partial charge in [0.2, 0.25) is 5.91 Å². The highest BCUT2D eigenvalue weighted by atomic mass is 16.5. The van der Waals surface area contributed by atoms with E-state index >= 15 is 0 Å². The Bertz CT molecular complexity index is 408. The number of hydrogen-bond acceptors (Lipinski definition) is 3. The van der Waals surface area contributed by atoms with Gasteiger partial charge in [-0.1, -0.05) is 37.3 Å². The fraction of sp³-hybridized carbons (Fsp3) is 0.533. The molecule has 104 valence electrons. The van der Waals surface area contributed by atoms with Gasteiger partial charge in [0.25, 0.3) is 0 Å². The topological polar surface area (TPSA) is 55.6 Å². The molecule has 2 N–H and O–H groups in total. The highest BCUT2D eigenvalue weighted by Gasteiger charge is 2.26. The van der Waals surface area contributed by atoms with Crippen molar-refractivity contribution >= 4 is 5.91 Å². The molecule has 0 saturated carbocycles. The molecule has 2 rings (SSSR count). The highest BCUT2D eigenvalue weighted by molar-refractivity contribution is 5.82. The molecule has 1 heterocycles. The fourth-order valence-corrected chi connectivity index (χ4v) is 2.36. The average Bonchev–Trinajstić information content (AvgIpc) is 2.47. The van der Waals surface area contributed by atoms with E-state index in [2.05, 4.69) is 6.92 Å². The van der Waals surface area contributed by atoms with Gasteiger partial charge in [-0.15, -0.1) is 0 Å². The smallest absolute Gasteiger partial charge is 0.239 e. The molecule has 4 nitrogen and oxygen atoms in total. The molecule has 1 aliphatic heterocycles. The van der Waals surface area contributed by atoms with E-state index in [0.717, 1.165) is 12.0 Å². The Morgan fingerprint density at radius 2 is 2.21 bits per heavy atom. The van der Waals surface area contributed by atoms with E-state index in [-0.39, 0.29) is 12.0 Å². The Balaban J connectivity index is 1.91. The first-order valence-electron chi connectivity index (χ1n) is 6.90. The molecule has 0 spiro atoms. The average molecular weight is 262 g/mol. The molecule has 0 radical (unpaired) electrons. The van der Waals surface area contributed by atoms with Gasteiger partial charge in [-0.25, -0.2) is 0 Å². The summed E-state index contributed by atoms with van der Waals surface area (Å²) in [5.74, 6) is 0.0330. The van der Waals surface area contributed by atoms with Crippen LogP contribution in [-0.2, 0) is 16.0 Å². The third-order valence-corrected chi connectivity index (χ3v) is 3.52. The normalized spacial score (nSPS) is 21.2. The summed E-state index contributed by atoms with van der Waals surface area (Å²) in [6.45, 7) is 4.00. The molecular formula is C15H22N2O2. The van der Waals surface area contributed by atoms with Crippen molar-refractivity contribution in [2.45, 2.75) is 31.9 Å². The van der Waals surface area contributed by atoms with Gasteiger partial charge in [0.1, 0.15) is 0 Å². The van der Waals surface area contributed by atoms with Crippen LogP contribution in [0, 0.1) is 0 Å². The minimum Gasteiger partial charge on any atom is -0.375 e. The SMILES string of the molecule is CCC1CN(C(=O)[C@H](N)Cc2ccccc2)CCO1. The minimum atomic E-state index is -0.460. The zero-order chi connectivity index (χ0) is 13.7. The largest absolute Gasteiger partial charge is 0.375 e. The molecule has 1 unspecified atom stereocenters. The van der Waals surface area contributed by atoms with Crippen LogP contribution >= 0.6 is 0 Å². The number of hydrogen-bond donors (Lipinski definition) is 1. The summed E-state index contributed by atoms with van der Waals surface area (Å²) in [6, 6.07) is 9.44. The van der Waals surface area contributed by atoms with Gasteiger partial charge in [0, 0.05) is 13.1 Å². The fourth-order valence-electron chi connectivity index (χ4n) is 2.36. The van der Waals surface area contributed by atoms with Crippen molar-refractivity contribution in [3.8, 4) is 0 Å². The lowest BCUT2D eigenvalue weighted by Gasteiger charge is -2.34. The Labute approximate surface area is 114 Å². The van der Waals surface area contributed by atoms with Gasteiger partial charge in [-0.05, 0) is 18.4 Å². The zero-order valence-corrected chi connectivity index (χ0v) is 11.4. The maximum atomic E-state index is 12.3. The van der Waals surface area contributed by atoms with Crippen LogP contribution in [0.15, 0.2) is 30.3 Å². The molecule has 2 atom stereocenters. The van der Waals surface area contributed by atoms with Crippen LogP contribution < -0.4 is 5.73 Å². The number of amides is 1. The van der Waals surface area contributed by atoms with Crippen LogP contribution in [-0.4, -0.2) is 42.6 Å². The second-order valence-corrected chi connectivity index (χ2v) is 4.98. The van der Waals surface area contributed by atoms with Crippen molar-refractivity contribution in [3.05, 3.63) is 35.9 Å². The van der Waals surface area contributed by atoms with Crippen molar-refractivity contribution in [3.63, 3.8) is 0 Å². The molecule has 0 bridgehead atoms. The molecule has 1 fully saturated rings. The first-order valence-corrected chi connectivity index (χ1v) is 6.90. The van der Waals surface area contributed by atoms with Gasteiger partial charge in [0.15, 0.2) is 0 Å². The van der Waals surface area contributed by atoms with Crippen molar-refractivity contribution in [1.29, 1.82) is 0 Å². The Kier molecular flexibility index (Phi) is 4.93. The van der Waals surface area contributed by atoms with Gasteiger partial charge < -0.3 is 15.4 Å². The number of nitrogens with zero attached hydrogens (tertiary/aromatic N) is 1. The molecular weight excluding hydrogens is 240 g/mol. The van der Waals surface area contributed by atoms with Crippen molar-refractivity contribution in [2.75, 3.05) is 19.7 Å². The lowest BCUT2D eigenvalue weighted by atomic mass is 10.1. The van der Waals surface area contributed by atoms with Crippen molar-refractivity contribution in [2.24, 2.45) is 5.73 Å². The van der Waals surface area contributed by atoms with E-state index in [9.17, 15) is 4.79 Å². The minimum absolute atomic E-state index is 0.0330. The lowest BCUT2D eigenvalue weighted by Crippen LogP contribution is -2.51. The lowest BCUT2D eigenvalue weighted by molar-refractivity contribution is -0.140. The summed E-state index contributed by atoms with van der Waals surface area (Å²) in [5.41, 5.74) is 7.14. The molecule has 1 aromatic carbocycles. The maximum absolute atomic E-state index is 12.3. The van der Waals surface area contributed by atoms with Crippen LogP contribution in [0.5, 0.6) is 0 Å². The summed E-state index contributed by atoms with van der Waals surface area (Å²) in [5, 5.41) is 0. The summed E-state index contributed by atoms with van der Waals surface area (Å²) in [7, 11) is 0. The van der Waals surface area contributed by atoms with Crippen molar-refractivity contribution < 1.29 is 9.53 Å². The molecule has 19 heavy (non-hydrogen) atoms. The van der Waals surface area contributed by atoms with E-state index in [1.54, 1.807) is 0 Å². The summed E-state index contributed by atoms with van der Waals surface area (Å²) in [4.78, 5) is 14.1. The molecule has 1 saturated heterocycles. The van der Waals surface area contributed by atoms with Gasteiger partial charge in [-0.2, -0.15) is 0 Å². The zero-order valence-electron chi connectivity index (χ0n) is 11.4. The van der Waals surface area contributed by atoms with E-state index in [0.29, 0.717) is 26.1 Å². The first-order chi connectivity index (χ1) is 9.20. The van der Waals surface area contributed by atoms with Crippen LogP contribution in [0.1, 0.15) is 18.9 Å². The molecule has 1 aromatic rings. The van der Waals surface area contributed by atoms with Crippen molar-refractivity contribution in [1.82, 2.24) is 4.90 Å². The number of nitrogens with two attached hydrogens (primary N) is 1. The number of benzene rings is 1. The number of rotatable bonds is 4. The second kappa shape index (κ2) is 6.68. The van der Waals surface area contributed by atoms with Gasteiger partial charge >= 0.3 is 0 Å². The number of carbonyl (C=O) groups is 1. The quantitative estimate of drug-likeness (QED) is 0.887. The predicted octanol–water partition coefficient (Wildman–Crippen LogP) is 1.19. The molecule has 1 amide bonds. The van der Waals surface area contributed by atoms with E-state index < -0.39 is 6.04 Å². The monoisotopic (exact) mass is 262 g/mol. The molecule has 0 aromatic heterocycles. The van der Waals surface area contributed by atoms with E-state index in [4.69, 9.17) is 10.5 Å². The van der Waals surface area contributed by atoms with Crippen LogP contribution in [0.25, 0.3) is 0 Å². The summed E-state index contributed by atoms with van der Waals surface area (Å²) >= 11 is 0. The maximum Gasteiger partial charge on any atom is 0.239 e. The number of ether oxygens (including phenoxy) is 1. The van der Waals surface area contributed by atoms with Gasteiger partial charge in [-0.3, -0.25) is 4.79 Å². The predicted molar refractivity (Wildman–Crippen MR) is 74.7 cm³/mol. The van der Waals surface area contributed by atoms with Crippen LogP contribution in [0.4, 0.5) is 0 Å². The van der Waals surface area contributed by atoms with Gasteiger partial charge in [0.05, 0.1) is 18.8 Å². The van der Waals surface area contributed by atoms with E-state index in [1.807, 2.05) is 35.2 Å². The third kappa shape index (κ3) is 3.78. The summed E-state index contributed by atoms with van der Waals surface area (Å²) in [6.07, 6.45) is 1.67. The number of carbonyl (C=O) groups excluding carboxylic acids is 1. The molecule has 4 heteroatoms. The first kappa shape index (κ1) is 14.0. The highest BCUT2D eigenvalue weighted by Crippen LogP contribution is 2.11. The Hall–Kier alpha value is -1.39. The Morgan fingerprint density at radius 3 is 2.89 bits per heavy atom. The van der Waals surface area contributed by atoms with Crippen LogP contribution in [0.3, 0.4) is 0 Å². The third-order valence-electron chi connectivity index (χ3n) is 3.52. The van der Waals surface area contributed by atoms with Crippen LogP contribution in [0.2, 0.25) is 0 Å². The summed E-state index contributed by atoms with van der Waals surface area (Å²) < 4.78 is 5.57. The number of morpholine rings is 1. The Morgan fingerprint density at radius 1 is 1.47 bits per heavy atom.